The van der Waals surface area contributed by atoms with Crippen molar-refractivity contribution in [1.82, 2.24) is 19.5 Å². The summed E-state index contributed by atoms with van der Waals surface area (Å²) in [6, 6.07) is 9.20. The van der Waals surface area contributed by atoms with Crippen LogP contribution < -0.4 is 9.80 Å². The minimum atomic E-state index is -0.258. The second-order valence-electron chi connectivity index (χ2n) is 7.51. The number of carbonyl (C=O) groups excluding carboxylic acids is 1. The predicted molar refractivity (Wildman–Crippen MR) is 114 cm³/mol. The van der Waals surface area contributed by atoms with E-state index in [-0.39, 0.29) is 18.0 Å². The average molecular weight is 401 g/mol. The first-order valence-corrected chi connectivity index (χ1v) is 9.93. The molecule has 0 fully saturated rings. The Morgan fingerprint density at radius 3 is 2.57 bits per heavy atom. The summed E-state index contributed by atoms with van der Waals surface area (Å²) in [7, 11) is 1.77. The Hall–Kier alpha value is -3.73. The standard InChI is InChI=1S/C22H23N7O/c1-5-17-21(30)27(4)18-13-25-22(26-20(18)29(17)14(2)3)28-11-10-24-19(28)16-8-6-15(12-23)7-9-16/h6-11,13-14,17H,5H2,1-4H3. The van der Waals surface area contributed by atoms with E-state index >= 15 is 0 Å². The second-order valence-corrected chi connectivity index (χ2v) is 7.51. The van der Waals surface area contributed by atoms with Gasteiger partial charge in [-0.05, 0) is 44.5 Å². The SMILES string of the molecule is CCC1C(=O)N(C)c2cnc(-n3ccnc3-c3ccc(C#N)cc3)nc2N1C(C)C. The van der Waals surface area contributed by atoms with Crippen molar-refractivity contribution < 1.29 is 4.79 Å². The van der Waals surface area contributed by atoms with Gasteiger partial charge in [0.25, 0.3) is 0 Å². The number of likely N-dealkylation sites (N-methyl/N-ethyl adjacent to an activating group) is 1. The zero-order chi connectivity index (χ0) is 21.4. The van der Waals surface area contributed by atoms with E-state index in [0.717, 1.165) is 11.4 Å². The van der Waals surface area contributed by atoms with Crippen molar-refractivity contribution in [3.8, 4) is 23.4 Å². The zero-order valence-corrected chi connectivity index (χ0v) is 17.4. The third-order valence-corrected chi connectivity index (χ3v) is 5.37. The number of aromatic nitrogens is 4. The van der Waals surface area contributed by atoms with Crippen molar-refractivity contribution in [1.29, 1.82) is 5.26 Å². The first-order chi connectivity index (χ1) is 14.5. The molecule has 2 aromatic heterocycles. The first-order valence-electron chi connectivity index (χ1n) is 9.93. The fourth-order valence-corrected chi connectivity index (χ4v) is 3.86. The van der Waals surface area contributed by atoms with Crippen LogP contribution in [0, 0.1) is 11.3 Å². The van der Waals surface area contributed by atoms with E-state index in [0.29, 0.717) is 29.4 Å². The molecule has 0 saturated heterocycles. The molecule has 1 atom stereocenters. The van der Waals surface area contributed by atoms with Crippen LogP contribution in [0.3, 0.4) is 0 Å². The van der Waals surface area contributed by atoms with Gasteiger partial charge in [-0.3, -0.25) is 9.36 Å². The topological polar surface area (TPSA) is 90.9 Å². The van der Waals surface area contributed by atoms with Crippen LogP contribution in [0.5, 0.6) is 0 Å². The van der Waals surface area contributed by atoms with Crippen LogP contribution in [0.1, 0.15) is 32.8 Å². The number of carbonyl (C=O) groups is 1. The molecule has 0 bridgehead atoms. The van der Waals surface area contributed by atoms with Crippen molar-refractivity contribution in [3.05, 3.63) is 48.4 Å². The summed E-state index contributed by atoms with van der Waals surface area (Å²) in [6.07, 6.45) is 5.89. The van der Waals surface area contributed by atoms with Crippen LogP contribution in [0.15, 0.2) is 42.9 Å². The molecule has 30 heavy (non-hydrogen) atoms. The summed E-state index contributed by atoms with van der Waals surface area (Å²) in [5.41, 5.74) is 2.15. The van der Waals surface area contributed by atoms with Crippen molar-refractivity contribution in [2.75, 3.05) is 16.8 Å². The predicted octanol–water partition coefficient (Wildman–Crippen LogP) is 3.17. The quantitative estimate of drug-likeness (QED) is 0.667. The fraction of sp³-hybridized carbons (Fsp3) is 0.318. The molecule has 152 valence electrons. The molecule has 1 unspecified atom stereocenters. The molecule has 1 aromatic carbocycles. The molecule has 3 aromatic rings. The van der Waals surface area contributed by atoms with Gasteiger partial charge in [-0.15, -0.1) is 0 Å². The number of nitrogens with zero attached hydrogens (tertiary/aromatic N) is 7. The van der Waals surface area contributed by atoms with Gasteiger partial charge < -0.3 is 9.80 Å². The molecule has 1 aliphatic rings. The lowest BCUT2D eigenvalue weighted by atomic mass is 10.1. The van der Waals surface area contributed by atoms with Crippen LogP contribution in [-0.2, 0) is 4.79 Å². The lowest BCUT2D eigenvalue weighted by Gasteiger charge is -2.42. The van der Waals surface area contributed by atoms with Gasteiger partial charge in [0.2, 0.25) is 11.9 Å². The second kappa shape index (κ2) is 7.59. The molecule has 0 spiro atoms. The van der Waals surface area contributed by atoms with E-state index in [1.54, 1.807) is 36.5 Å². The van der Waals surface area contributed by atoms with Crippen molar-refractivity contribution >= 4 is 17.4 Å². The van der Waals surface area contributed by atoms with Gasteiger partial charge in [0.05, 0.1) is 17.8 Å². The van der Waals surface area contributed by atoms with E-state index in [1.807, 2.05) is 29.8 Å². The maximum Gasteiger partial charge on any atom is 0.249 e. The summed E-state index contributed by atoms with van der Waals surface area (Å²) in [6.45, 7) is 6.14. The smallest absolute Gasteiger partial charge is 0.249 e. The summed E-state index contributed by atoms with van der Waals surface area (Å²) >= 11 is 0. The summed E-state index contributed by atoms with van der Waals surface area (Å²) in [5, 5.41) is 9.03. The zero-order valence-electron chi connectivity index (χ0n) is 17.4. The van der Waals surface area contributed by atoms with E-state index in [4.69, 9.17) is 10.2 Å². The summed E-state index contributed by atoms with van der Waals surface area (Å²) in [5.74, 6) is 1.95. The van der Waals surface area contributed by atoms with Gasteiger partial charge in [-0.2, -0.15) is 10.2 Å². The highest BCUT2D eigenvalue weighted by atomic mass is 16.2. The molecule has 0 radical (unpaired) electrons. The number of benzene rings is 1. The molecule has 3 heterocycles. The lowest BCUT2D eigenvalue weighted by Crippen LogP contribution is -2.55. The molecule has 4 rings (SSSR count). The highest BCUT2D eigenvalue weighted by Crippen LogP contribution is 2.36. The molecule has 8 heteroatoms. The van der Waals surface area contributed by atoms with Crippen molar-refractivity contribution in [2.45, 2.75) is 39.3 Å². The number of anilines is 2. The van der Waals surface area contributed by atoms with Crippen LogP contribution >= 0.6 is 0 Å². The third kappa shape index (κ3) is 3.08. The number of hydrogen-bond acceptors (Lipinski definition) is 6. The van der Waals surface area contributed by atoms with E-state index < -0.39 is 0 Å². The minimum absolute atomic E-state index is 0.0518. The van der Waals surface area contributed by atoms with E-state index in [1.165, 1.54) is 0 Å². The molecule has 0 saturated carbocycles. The van der Waals surface area contributed by atoms with Crippen LogP contribution in [0.2, 0.25) is 0 Å². The Morgan fingerprint density at radius 2 is 1.93 bits per heavy atom. The maximum atomic E-state index is 12.8. The normalized spacial score (nSPS) is 16.0. The Balaban J connectivity index is 1.82. The molecular formula is C22H23N7O. The number of rotatable bonds is 4. The first kappa shape index (κ1) is 19.6. The van der Waals surface area contributed by atoms with Gasteiger partial charge in [-0.25, -0.2) is 9.97 Å². The molecule has 1 amide bonds. The Morgan fingerprint density at radius 1 is 1.20 bits per heavy atom. The van der Waals surface area contributed by atoms with Crippen molar-refractivity contribution in [3.63, 3.8) is 0 Å². The molecule has 0 N–H and O–H groups in total. The molecule has 8 nitrogen and oxygen atoms in total. The lowest BCUT2D eigenvalue weighted by molar-refractivity contribution is -0.120. The minimum Gasteiger partial charge on any atom is -0.340 e. The van der Waals surface area contributed by atoms with E-state index in [2.05, 4.69) is 34.8 Å². The van der Waals surface area contributed by atoms with Gasteiger partial charge in [0.1, 0.15) is 17.6 Å². The Kier molecular flexibility index (Phi) is 4.96. The van der Waals surface area contributed by atoms with Gasteiger partial charge >= 0.3 is 0 Å². The van der Waals surface area contributed by atoms with Crippen molar-refractivity contribution in [2.24, 2.45) is 0 Å². The maximum absolute atomic E-state index is 12.8. The highest BCUT2D eigenvalue weighted by Gasteiger charge is 2.38. The number of hydrogen-bond donors (Lipinski definition) is 0. The Bertz CT molecular complexity index is 1130. The Labute approximate surface area is 175 Å². The number of amides is 1. The monoisotopic (exact) mass is 401 g/mol. The van der Waals surface area contributed by atoms with Gasteiger partial charge in [0, 0.05) is 31.0 Å². The molecule has 1 aliphatic heterocycles. The summed E-state index contributed by atoms with van der Waals surface area (Å²) < 4.78 is 1.82. The fourth-order valence-electron chi connectivity index (χ4n) is 3.86. The largest absolute Gasteiger partial charge is 0.340 e. The number of imidazole rings is 1. The van der Waals surface area contributed by atoms with Crippen LogP contribution in [-0.4, -0.2) is 44.6 Å². The molecular weight excluding hydrogens is 378 g/mol. The highest BCUT2D eigenvalue weighted by molar-refractivity contribution is 6.04. The van der Waals surface area contributed by atoms with Crippen LogP contribution in [0.4, 0.5) is 11.5 Å². The summed E-state index contributed by atoms with van der Waals surface area (Å²) in [4.78, 5) is 30.4. The van der Waals surface area contributed by atoms with E-state index in [9.17, 15) is 4.79 Å². The van der Waals surface area contributed by atoms with Gasteiger partial charge in [-0.1, -0.05) is 6.92 Å². The third-order valence-electron chi connectivity index (χ3n) is 5.37. The average Bonchev–Trinajstić information content (AvgIpc) is 3.25. The van der Waals surface area contributed by atoms with Gasteiger partial charge in [0.15, 0.2) is 5.82 Å². The number of nitriles is 1. The number of fused-ring (bicyclic) bond motifs is 1. The molecule has 0 aliphatic carbocycles. The van der Waals surface area contributed by atoms with Crippen LogP contribution in [0.25, 0.3) is 17.3 Å².